The van der Waals surface area contributed by atoms with Crippen molar-refractivity contribution in [1.82, 2.24) is 10.3 Å². The third kappa shape index (κ3) is 4.81. The Bertz CT molecular complexity index is 974. The van der Waals surface area contributed by atoms with Gasteiger partial charge in [0.05, 0.1) is 22.2 Å². The maximum absolute atomic E-state index is 13.2. The average Bonchev–Trinajstić information content (AvgIpc) is 2.69. The normalized spacial score (nSPS) is 16.5. The van der Waals surface area contributed by atoms with Gasteiger partial charge in [0, 0.05) is 26.2 Å². The van der Waals surface area contributed by atoms with E-state index in [2.05, 4.69) is 19.9 Å². The second-order valence-corrected chi connectivity index (χ2v) is 8.60. The molecular weight excluding hydrogens is 405 g/mol. The molecule has 3 rings (SSSR count). The van der Waals surface area contributed by atoms with E-state index in [-0.39, 0.29) is 11.3 Å². The standard InChI is InChI=1S/C19H23F3N4O2S/c1-13(19(20,21)22)15-5-3-4-6-17(15)29(27,28)25-16-7-8-18(24-14(16)2)26-11-9-23-10-12-26/h3-8,13,23,25H,9-12H2,1-2H3/t13-/m1/s1. The second kappa shape index (κ2) is 8.19. The number of aromatic nitrogens is 1. The molecule has 1 atom stereocenters. The molecule has 1 saturated heterocycles. The van der Waals surface area contributed by atoms with Crippen LogP contribution < -0.4 is 14.9 Å². The first kappa shape index (κ1) is 21.4. The van der Waals surface area contributed by atoms with Gasteiger partial charge in [0.15, 0.2) is 0 Å². The van der Waals surface area contributed by atoms with Crippen LogP contribution in [0.1, 0.15) is 24.1 Å². The molecule has 158 valence electrons. The minimum Gasteiger partial charge on any atom is -0.354 e. The molecule has 1 aliphatic rings. The maximum atomic E-state index is 13.2. The Hall–Kier alpha value is -2.33. The van der Waals surface area contributed by atoms with E-state index < -0.39 is 27.0 Å². The lowest BCUT2D eigenvalue weighted by atomic mass is 10.0. The van der Waals surface area contributed by atoms with Crippen molar-refractivity contribution in [3.63, 3.8) is 0 Å². The largest absolute Gasteiger partial charge is 0.395 e. The van der Waals surface area contributed by atoms with E-state index in [1.807, 2.05) is 0 Å². The smallest absolute Gasteiger partial charge is 0.354 e. The minimum atomic E-state index is -4.55. The summed E-state index contributed by atoms with van der Waals surface area (Å²) in [4.78, 5) is 6.15. The molecule has 0 spiro atoms. The summed E-state index contributed by atoms with van der Waals surface area (Å²) in [5.74, 6) is -1.18. The van der Waals surface area contributed by atoms with Crippen LogP contribution in [0.3, 0.4) is 0 Å². The van der Waals surface area contributed by atoms with Crippen molar-refractivity contribution in [3.8, 4) is 0 Å². The molecule has 1 fully saturated rings. The Morgan fingerprint density at radius 2 is 1.79 bits per heavy atom. The lowest BCUT2D eigenvalue weighted by Gasteiger charge is -2.28. The molecule has 2 N–H and O–H groups in total. The van der Waals surface area contributed by atoms with Gasteiger partial charge in [-0.2, -0.15) is 13.2 Å². The number of sulfonamides is 1. The third-order valence-corrected chi connectivity index (χ3v) is 6.36. The van der Waals surface area contributed by atoms with Crippen LogP contribution in [0.4, 0.5) is 24.7 Å². The molecule has 0 aliphatic carbocycles. The fourth-order valence-electron chi connectivity index (χ4n) is 3.18. The van der Waals surface area contributed by atoms with Gasteiger partial charge in [0.25, 0.3) is 10.0 Å². The molecule has 0 saturated carbocycles. The lowest BCUT2D eigenvalue weighted by molar-refractivity contribution is -0.146. The molecule has 1 aromatic heterocycles. The summed E-state index contributed by atoms with van der Waals surface area (Å²) in [5.41, 5.74) is 0.389. The van der Waals surface area contributed by atoms with E-state index in [1.165, 1.54) is 24.3 Å². The summed E-state index contributed by atoms with van der Waals surface area (Å²) in [6.45, 7) is 5.87. The van der Waals surface area contributed by atoms with Crippen molar-refractivity contribution in [2.24, 2.45) is 0 Å². The van der Waals surface area contributed by atoms with Crippen molar-refractivity contribution < 1.29 is 21.6 Å². The summed E-state index contributed by atoms with van der Waals surface area (Å²) < 4.78 is 67.7. The number of hydrogen-bond acceptors (Lipinski definition) is 5. The number of nitrogens with zero attached hydrogens (tertiary/aromatic N) is 2. The predicted octanol–water partition coefficient (Wildman–Crippen LogP) is 3.27. The monoisotopic (exact) mass is 428 g/mol. The molecule has 0 unspecified atom stereocenters. The number of alkyl halides is 3. The number of rotatable bonds is 5. The summed E-state index contributed by atoms with van der Waals surface area (Å²) >= 11 is 0. The first-order valence-electron chi connectivity index (χ1n) is 9.21. The Labute approximate surface area is 168 Å². The number of piperazine rings is 1. The molecule has 10 heteroatoms. The van der Waals surface area contributed by atoms with Gasteiger partial charge in [-0.05, 0) is 37.6 Å². The van der Waals surface area contributed by atoms with Crippen LogP contribution in [0.15, 0.2) is 41.3 Å². The topological polar surface area (TPSA) is 74.3 Å². The highest BCUT2D eigenvalue weighted by molar-refractivity contribution is 7.92. The molecule has 2 heterocycles. The number of benzene rings is 1. The number of aryl methyl sites for hydroxylation is 1. The highest BCUT2D eigenvalue weighted by atomic mass is 32.2. The first-order valence-corrected chi connectivity index (χ1v) is 10.7. The van der Waals surface area contributed by atoms with Crippen LogP contribution in [-0.4, -0.2) is 45.8 Å². The van der Waals surface area contributed by atoms with Gasteiger partial charge in [-0.3, -0.25) is 4.72 Å². The number of hydrogen-bond donors (Lipinski definition) is 2. The summed E-state index contributed by atoms with van der Waals surface area (Å²) in [6, 6.07) is 8.46. The average molecular weight is 428 g/mol. The molecule has 1 aromatic carbocycles. The Balaban J connectivity index is 1.89. The lowest BCUT2D eigenvalue weighted by Crippen LogP contribution is -2.43. The zero-order valence-electron chi connectivity index (χ0n) is 16.1. The minimum absolute atomic E-state index is 0.235. The molecule has 1 aliphatic heterocycles. The Morgan fingerprint density at radius 1 is 1.14 bits per heavy atom. The van der Waals surface area contributed by atoms with Gasteiger partial charge in [0.2, 0.25) is 0 Å². The molecule has 29 heavy (non-hydrogen) atoms. The van der Waals surface area contributed by atoms with E-state index in [9.17, 15) is 21.6 Å². The van der Waals surface area contributed by atoms with Crippen molar-refractivity contribution >= 4 is 21.5 Å². The van der Waals surface area contributed by atoms with Gasteiger partial charge in [-0.1, -0.05) is 18.2 Å². The highest BCUT2D eigenvalue weighted by Crippen LogP contribution is 2.37. The number of anilines is 2. The molecular formula is C19H23F3N4O2S. The van der Waals surface area contributed by atoms with Crippen molar-refractivity contribution in [2.45, 2.75) is 30.8 Å². The SMILES string of the molecule is Cc1nc(N2CCNCC2)ccc1NS(=O)(=O)c1ccccc1[C@@H](C)C(F)(F)F. The second-order valence-electron chi connectivity index (χ2n) is 6.95. The van der Waals surface area contributed by atoms with Crippen molar-refractivity contribution in [2.75, 3.05) is 35.8 Å². The van der Waals surface area contributed by atoms with Gasteiger partial charge in [0.1, 0.15) is 5.82 Å². The Morgan fingerprint density at radius 3 is 2.41 bits per heavy atom. The number of nitrogens with one attached hydrogen (secondary N) is 2. The maximum Gasteiger partial charge on any atom is 0.395 e. The number of halogens is 3. The summed E-state index contributed by atoms with van der Waals surface area (Å²) in [5, 5.41) is 3.24. The van der Waals surface area contributed by atoms with Crippen LogP contribution in [0.2, 0.25) is 0 Å². The van der Waals surface area contributed by atoms with Crippen LogP contribution >= 0.6 is 0 Å². The molecule has 0 bridgehead atoms. The van der Waals surface area contributed by atoms with Gasteiger partial charge >= 0.3 is 6.18 Å². The van der Waals surface area contributed by atoms with Crippen LogP contribution in [0.25, 0.3) is 0 Å². The first-order chi connectivity index (χ1) is 13.6. The van der Waals surface area contributed by atoms with Crippen LogP contribution in [0.5, 0.6) is 0 Å². The molecule has 6 nitrogen and oxygen atoms in total. The summed E-state index contributed by atoms with van der Waals surface area (Å²) in [6.07, 6.45) is -4.55. The quantitative estimate of drug-likeness (QED) is 0.765. The zero-order chi connectivity index (χ0) is 21.2. The van der Waals surface area contributed by atoms with Crippen LogP contribution in [-0.2, 0) is 10.0 Å². The highest BCUT2D eigenvalue weighted by Gasteiger charge is 2.39. The number of pyridine rings is 1. The molecule has 0 amide bonds. The molecule has 0 radical (unpaired) electrons. The summed E-state index contributed by atoms with van der Waals surface area (Å²) in [7, 11) is -4.22. The third-order valence-electron chi connectivity index (χ3n) is 4.92. The van der Waals surface area contributed by atoms with Crippen LogP contribution in [0, 0.1) is 6.92 Å². The van der Waals surface area contributed by atoms with Gasteiger partial charge in [-0.15, -0.1) is 0 Å². The fraction of sp³-hybridized carbons (Fsp3) is 0.421. The van der Waals surface area contributed by atoms with Gasteiger partial charge in [-0.25, -0.2) is 13.4 Å². The fourth-order valence-corrected chi connectivity index (χ4v) is 4.61. The van der Waals surface area contributed by atoms with E-state index in [1.54, 1.807) is 19.1 Å². The Kier molecular flexibility index (Phi) is 6.04. The van der Waals surface area contributed by atoms with Crippen molar-refractivity contribution in [3.05, 3.63) is 47.7 Å². The van der Waals surface area contributed by atoms with E-state index >= 15 is 0 Å². The van der Waals surface area contributed by atoms with E-state index in [0.717, 1.165) is 38.9 Å². The van der Waals surface area contributed by atoms with Crippen molar-refractivity contribution in [1.29, 1.82) is 0 Å². The molecule has 2 aromatic rings. The zero-order valence-corrected chi connectivity index (χ0v) is 16.9. The van der Waals surface area contributed by atoms with E-state index in [0.29, 0.717) is 5.69 Å². The predicted molar refractivity (Wildman–Crippen MR) is 106 cm³/mol. The van der Waals surface area contributed by atoms with Gasteiger partial charge < -0.3 is 10.2 Å². The van der Waals surface area contributed by atoms with E-state index in [4.69, 9.17) is 0 Å².